The molecule has 0 saturated carbocycles. The summed E-state index contributed by atoms with van der Waals surface area (Å²) in [4.78, 5) is 30.8. The van der Waals surface area contributed by atoms with E-state index in [0.29, 0.717) is 30.7 Å². The first-order chi connectivity index (χ1) is 13.1. The summed E-state index contributed by atoms with van der Waals surface area (Å²) < 4.78 is 1.59. The summed E-state index contributed by atoms with van der Waals surface area (Å²) >= 11 is 0. The fourth-order valence-electron chi connectivity index (χ4n) is 3.35. The summed E-state index contributed by atoms with van der Waals surface area (Å²) in [5.74, 6) is -0.0169. The van der Waals surface area contributed by atoms with Crippen LogP contribution in [0.25, 0.3) is 5.65 Å². The number of aromatic nitrogens is 3. The van der Waals surface area contributed by atoms with Gasteiger partial charge >= 0.3 is 0 Å². The molecule has 7 heteroatoms. The Morgan fingerprint density at radius 2 is 2.04 bits per heavy atom. The van der Waals surface area contributed by atoms with E-state index in [9.17, 15) is 9.59 Å². The Morgan fingerprint density at radius 3 is 2.81 bits per heavy atom. The van der Waals surface area contributed by atoms with Crippen LogP contribution in [0.1, 0.15) is 40.0 Å². The first-order valence-electron chi connectivity index (χ1n) is 9.05. The monoisotopic (exact) mass is 363 g/mol. The van der Waals surface area contributed by atoms with Crippen LogP contribution < -0.4 is 5.32 Å². The second-order valence-corrected chi connectivity index (χ2v) is 6.77. The molecule has 0 aliphatic carbocycles. The van der Waals surface area contributed by atoms with E-state index in [4.69, 9.17) is 0 Å². The third kappa shape index (κ3) is 3.53. The normalized spacial score (nSPS) is 14.1. The lowest BCUT2D eigenvalue weighted by Crippen LogP contribution is -2.26. The highest BCUT2D eigenvalue weighted by molar-refractivity contribution is 5.99. The molecular weight excluding hydrogens is 342 g/mol. The summed E-state index contributed by atoms with van der Waals surface area (Å²) in [5.41, 5.74) is 3.89. The van der Waals surface area contributed by atoms with E-state index in [0.717, 1.165) is 29.8 Å². The minimum absolute atomic E-state index is 0.196. The zero-order valence-corrected chi connectivity index (χ0v) is 15.2. The standard InChI is InChI=1S/C20H21N5O2/c1-14-8-10-25-19(23-14)17(12-22-25)20(27)21-11-15-5-2-3-6-16(15)13-24-9-4-7-18(24)26/h2-3,5-6,8,10,12H,4,7,9,11,13H2,1H3,(H,21,27). The van der Waals surface area contributed by atoms with E-state index >= 15 is 0 Å². The molecule has 3 aromatic rings. The average Bonchev–Trinajstić information content (AvgIpc) is 3.27. The van der Waals surface area contributed by atoms with Gasteiger partial charge in [0, 0.05) is 37.9 Å². The van der Waals surface area contributed by atoms with Crippen molar-refractivity contribution >= 4 is 17.5 Å². The van der Waals surface area contributed by atoms with Gasteiger partial charge in [0.15, 0.2) is 5.65 Å². The number of benzene rings is 1. The average molecular weight is 363 g/mol. The molecule has 0 bridgehead atoms. The molecular formula is C20H21N5O2. The largest absolute Gasteiger partial charge is 0.348 e. The lowest BCUT2D eigenvalue weighted by atomic mass is 10.1. The van der Waals surface area contributed by atoms with Crippen molar-refractivity contribution in [3.8, 4) is 0 Å². The molecule has 1 aromatic carbocycles. The summed E-state index contributed by atoms with van der Waals surface area (Å²) in [5, 5.41) is 7.13. The number of amides is 2. The number of hydrogen-bond donors (Lipinski definition) is 1. The molecule has 0 radical (unpaired) electrons. The van der Waals surface area contributed by atoms with Crippen molar-refractivity contribution in [1.82, 2.24) is 24.8 Å². The number of nitrogens with zero attached hydrogens (tertiary/aromatic N) is 4. The summed E-state index contributed by atoms with van der Waals surface area (Å²) in [7, 11) is 0. The molecule has 1 aliphatic heterocycles. The van der Waals surface area contributed by atoms with E-state index in [1.165, 1.54) is 6.20 Å². The molecule has 3 heterocycles. The van der Waals surface area contributed by atoms with Gasteiger partial charge in [0.1, 0.15) is 5.56 Å². The van der Waals surface area contributed by atoms with Crippen LogP contribution in [0, 0.1) is 6.92 Å². The van der Waals surface area contributed by atoms with Crippen molar-refractivity contribution in [2.75, 3.05) is 6.54 Å². The number of hydrogen-bond acceptors (Lipinski definition) is 4. The summed E-state index contributed by atoms with van der Waals surface area (Å²) in [6.07, 6.45) is 4.86. The molecule has 1 saturated heterocycles. The number of rotatable bonds is 5. The van der Waals surface area contributed by atoms with Gasteiger partial charge in [-0.1, -0.05) is 24.3 Å². The van der Waals surface area contributed by atoms with Crippen molar-refractivity contribution in [3.05, 3.63) is 65.1 Å². The van der Waals surface area contributed by atoms with Gasteiger partial charge < -0.3 is 10.2 Å². The molecule has 4 rings (SSSR count). The number of carbonyl (C=O) groups is 2. The number of aryl methyl sites for hydroxylation is 1. The zero-order chi connectivity index (χ0) is 18.8. The Morgan fingerprint density at radius 1 is 1.22 bits per heavy atom. The van der Waals surface area contributed by atoms with E-state index < -0.39 is 0 Å². The van der Waals surface area contributed by atoms with Crippen LogP contribution in [0.3, 0.4) is 0 Å². The Kier molecular flexibility index (Phi) is 4.58. The minimum atomic E-state index is -0.213. The van der Waals surface area contributed by atoms with Crippen molar-refractivity contribution in [2.45, 2.75) is 32.9 Å². The molecule has 0 unspecified atom stereocenters. The first-order valence-corrected chi connectivity index (χ1v) is 9.05. The molecule has 7 nitrogen and oxygen atoms in total. The molecule has 1 N–H and O–H groups in total. The molecule has 27 heavy (non-hydrogen) atoms. The number of fused-ring (bicyclic) bond motifs is 1. The Hall–Kier alpha value is -3.22. The van der Waals surface area contributed by atoms with Crippen molar-refractivity contribution in [1.29, 1.82) is 0 Å². The fraction of sp³-hybridized carbons (Fsp3) is 0.300. The summed E-state index contributed by atoms with van der Waals surface area (Å²) in [6.45, 7) is 3.65. The van der Waals surface area contributed by atoms with Gasteiger partial charge in [-0.15, -0.1) is 0 Å². The van der Waals surface area contributed by atoms with E-state index in [1.54, 1.807) is 10.7 Å². The third-order valence-corrected chi connectivity index (χ3v) is 4.84. The molecule has 1 fully saturated rings. The van der Waals surface area contributed by atoms with E-state index in [-0.39, 0.29) is 11.8 Å². The Bertz CT molecular complexity index is 1010. The zero-order valence-electron chi connectivity index (χ0n) is 15.2. The van der Waals surface area contributed by atoms with Crippen LogP contribution in [0.4, 0.5) is 0 Å². The van der Waals surface area contributed by atoms with Crippen molar-refractivity contribution < 1.29 is 9.59 Å². The fourth-order valence-corrected chi connectivity index (χ4v) is 3.35. The minimum Gasteiger partial charge on any atom is -0.348 e. The highest BCUT2D eigenvalue weighted by Crippen LogP contribution is 2.17. The maximum absolute atomic E-state index is 12.6. The second kappa shape index (κ2) is 7.19. The first kappa shape index (κ1) is 17.2. The summed E-state index contributed by atoms with van der Waals surface area (Å²) in [6, 6.07) is 9.73. The van der Waals surface area contributed by atoms with Gasteiger partial charge in [-0.3, -0.25) is 9.59 Å². The number of likely N-dealkylation sites (tertiary alicyclic amines) is 1. The van der Waals surface area contributed by atoms with Gasteiger partial charge in [0.25, 0.3) is 5.91 Å². The number of nitrogens with one attached hydrogen (secondary N) is 1. The molecule has 2 aromatic heterocycles. The quantitative estimate of drug-likeness (QED) is 0.753. The molecule has 2 amide bonds. The van der Waals surface area contributed by atoms with Crippen molar-refractivity contribution in [3.63, 3.8) is 0 Å². The smallest absolute Gasteiger partial charge is 0.257 e. The maximum atomic E-state index is 12.6. The predicted octanol–water partition coefficient (Wildman–Crippen LogP) is 2.09. The lowest BCUT2D eigenvalue weighted by molar-refractivity contribution is -0.128. The van der Waals surface area contributed by atoms with Gasteiger partial charge in [-0.05, 0) is 30.5 Å². The van der Waals surface area contributed by atoms with Gasteiger partial charge in [-0.25, -0.2) is 9.50 Å². The van der Waals surface area contributed by atoms with E-state index in [1.807, 2.05) is 42.2 Å². The highest BCUT2D eigenvalue weighted by Gasteiger charge is 2.21. The molecule has 0 spiro atoms. The van der Waals surface area contributed by atoms with Crippen molar-refractivity contribution in [2.24, 2.45) is 0 Å². The molecule has 0 atom stereocenters. The molecule has 138 valence electrons. The maximum Gasteiger partial charge on any atom is 0.257 e. The van der Waals surface area contributed by atoms with Gasteiger partial charge in [0.05, 0.1) is 6.20 Å². The van der Waals surface area contributed by atoms with Crippen LogP contribution in [-0.2, 0) is 17.9 Å². The van der Waals surface area contributed by atoms with Crippen LogP contribution in [0.2, 0.25) is 0 Å². The topological polar surface area (TPSA) is 79.6 Å². The SMILES string of the molecule is Cc1ccn2ncc(C(=O)NCc3ccccc3CN3CCCC3=O)c2n1. The third-order valence-electron chi connectivity index (χ3n) is 4.84. The van der Waals surface area contributed by atoms with Gasteiger partial charge in [0.2, 0.25) is 5.91 Å². The van der Waals surface area contributed by atoms with Crippen LogP contribution in [-0.4, -0.2) is 37.9 Å². The predicted molar refractivity (Wildman–Crippen MR) is 100.0 cm³/mol. The van der Waals surface area contributed by atoms with Crippen LogP contribution in [0.15, 0.2) is 42.7 Å². The highest BCUT2D eigenvalue weighted by atomic mass is 16.2. The Balaban J connectivity index is 1.49. The Labute approximate surface area is 157 Å². The van der Waals surface area contributed by atoms with E-state index in [2.05, 4.69) is 15.4 Å². The number of carbonyl (C=O) groups excluding carboxylic acids is 2. The molecule has 1 aliphatic rings. The van der Waals surface area contributed by atoms with Crippen LogP contribution in [0.5, 0.6) is 0 Å². The van der Waals surface area contributed by atoms with Gasteiger partial charge in [-0.2, -0.15) is 5.10 Å². The second-order valence-electron chi connectivity index (χ2n) is 6.77. The lowest BCUT2D eigenvalue weighted by Gasteiger charge is -2.18. The van der Waals surface area contributed by atoms with Crippen LogP contribution >= 0.6 is 0 Å².